The number of hydrogen-bond acceptors (Lipinski definition) is 4. The number of ketones is 1. The number of carboxylic acids is 1. The Morgan fingerprint density at radius 3 is 2.10 bits per heavy atom. The number of carbonyl (C=O) groups excluding carboxylic acids is 1. The highest BCUT2D eigenvalue weighted by atomic mass is 32.1. The molecule has 0 aliphatic carbocycles. The van der Waals surface area contributed by atoms with Gasteiger partial charge in [0.25, 0.3) is 5.56 Å². The molecule has 2 N–H and O–H groups in total. The zero-order valence-electron chi connectivity index (χ0n) is 16.4. The molecule has 2 aromatic carbocycles. The van der Waals surface area contributed by atoms with Gasteiger partial charge < -0.3 is 10.1 Å². The van der Waals surface area contributed by atoms with E-state index in [1.54, 1.807) is 30.3 Å². The van der Waals surface area contributed by atoms with Crippen LogP contribution in [0.1, 0.15) is 52.6 Å². The van der Waals surface area contributed by atoms with Crippen LogP contribution in [0.15, 0.2) is 53.3 Å². The molecule has 0 atom stereocenters. The molecule has 0 amide bonds. The molecule has 3 rings (SSSR count). The second-order valence-corrected chi connectivity index (χ2v) is 8.78. The summed E-state index contributed by atoms with van der Waals surface area (Å²) in [5, 5.41) is 8.95. The van der Waals surface area contributed by atoms with E-state index in [0.717, 1.165) is 5.56 Å². The molecule has 0 aliphatic rings. The van der Waals surface area contributed by atoms with Crippen molar-refractivity contribution in [3.05, 3.63) is 90.3 Å². The monoisotopic (exact) mass is 407 g/mol. The third-order valence-electron chi connectivity index (χ3n) is 4.43. The number of rotatable bonds is 4. The van der Waals surface area contributed by atoms with Gasteiger partial charge in [0.05, 0.1) is 14.8 Å². The molecular weight excluding hydrogens is 386 g/mol. The molecule has 0 radical (unpaired) electrons. The standard InChI is InChI=1S/C23H21NO4S/c1-23(2,3)17-10-8-15(9-11-17)18(25)13-20-24-21(26)19(29-20)12-14-4-6-16(7-5-14)22(27)28/h4-13H,1-3H3,(H,24,26)(H,27,28)/b19-12+,20-13+. The maximum Gasteiger partial charge on any atom is 0.335 e. The zero-order chi connectivity index (χ0) is 21.2. The summed E-state index contributed by atoms with van der Waals surface area (Å²) in [6.07, 6.45) is 3.08. The molecule has 29 heavy (non-hydrogen) atoms. The molecule has 6 heteroatoms. The third-order valence-corrected chi connectivity index (χ3v) is 5.40. The van der Waals surface area contributed by atoms with Crippen LogP contribution in [0.3, 0.4) is 0 Å². The van der Waals surface area contributed by atoms with E-state index in [4.69, 9.17) is 5.11 Å². The second kappa shape index (κ2) is 8.01. The van der Waals surface area contributed by atoms with Gasteiger partial charge in [0, 0.05) is 11.6 Å². The summed E-state index contributed by atoms with van der Waals surface area (Å²) < 4.78 is 0.906. The Morgan fingerprint density at radius 1 is 0.966 bits per heavy atom. The fourth-order valence-corrected chi connectivity index (χ4v) is 3.62. The zero-order valence-corrected chi connectivity index (χ0v) is 17.2. The molecule has 1 heterocycles. The van der Waals surface area contributed by atoms with Crippen LogP contribution < -0.4 is 14.8 Å². The Labute approximate surface area is 171 Å². The minimum absolute atomic E-state index is 0.0116. The van der Waals surface area contributed by atoms with Gasteiger partial charge in [0.2, 0.25) is 0 Å². The normalized spacial score (nSPS) is 12.9. The predicted molar refractivity (Wildman–Crippen MR) is 115 cm³/mol. The van der Waals surface area contributed by atoms with Crippen LogP contribution in [-0.2, 0) is 5.41 Å². The average molecular weight is 407 g/mol. The number of aromatic carboxylic acids is 1. The highest BCUT2D eigenvalue weighted by molar-refractivity contribution is 7.07. The lowest BCUT2D eigenvalue weighted by atomic mass is 9.86. The maximum absolute atomic E-state index is 12.5. The second-order valence-electron chi connectivity index (χ2n) is 7.69. The van der Waals surface area contributed by atoms with Crippen molar-refractivity contribution in [2.24, 2.45) is 0 Å². The summed E-state index contributed by atoms with van der Waals surface area (Å²) in [6, 6.07) is 13.7. The average Bonchev–Trinajstić information content (AvgIpc) is 3.00. The van der Waals surface area contributed by atoms with E-state index in [2.05, 4.69) is 25.8 Å². The Kier molecular flexibility index (Phi) is 5.66. The van der Waals surface area contributed by atoms with Crippen molar-refractivity contribution < 1.29 is 14.7 Å². The van der Waals surface area contributed by atoms with E-state index >= 15 is 0 Å². The predicted octanol–water partition coefficient (Wildman–Crippen LogP) is 2.92. The van der Waals surface area contributed by atoms with E-state index < -0.39 is 5.97 Å². The molecule has 0 unspecified atom stereocenters. The van der Waals surface area contributed by atoms with E-state index in [1.807, 2.05) is 12.1 Å². The lowest BCUT2D eigenvalue weighted by Crippen LogP contribution is -2.20. The number of carboxylic acid groups (broad SMARTS) is 1. The molecule has 0 saturated carbocycles. The highest BCUT2D eigenvalue weighted by Crippen LogP contribution is 2.22. The van der Waals surface area contributed by atoms with Crippen molar-refractivity contribution in [3.8, 4) is 0 Å². The van der Waals surface area contributed by atoms with Gasteiger partial charge in [0.1, 0.15) is 0 Å². The van der Waals surface area contributed by atoms with Crippen molar-refractivity contribution in [1.82, 2.24) is 4.98 Å². The number of aromatic nitrogens is 1. The number of hydrogen-bond donors (Lipinski definition) is 2. The van der Waals surface area contributed by atoms with E-state index in [9.17, 15) is 14.4 Å². The fourth-order valence-electron chi connectivity index (χ4n) is 2.73. The van der Waals surface area contributed by atoms with Gasteiger partial charge in [-0.1, -0.05) is 57.2 Å². The Bertz CT molecular complexity index is 1220. The van der Waals surface area contributed by atoms with Crippen molar-refractivity contribution in [3.63, 3.8) is 0 Å². The van der Waals surface area contributed by atoms with Gasteiger partial charge in [-0.2, -0.15) is 0 Å². The van der Waals surface area contributed by atoms with Crippen LogP contribution >= 0.6 is 11.3 Å². The van der Waals surface area contributed by atoms with E-state index in [0.29, 0.717) is 20.3 Å². The first-order valence-electron chi connectivity index (χ1n) is 9.04. The summed E-state index contributed by atoms with van der Waals surface area (Å²) in [7, 11) is 0. The molecule has 3 aromatic rings. The summed E-state index contributed by atoms with van der Waals surface area (Å²) in [5.74, 6) is -1.18. The number of carbonyl (C=O) groups is 2. The number of nitrogens with one attached hydrogen (secondary N) is 1. The van der Waals surface area contributed by atoms with Crippen molar-refractivity contribution in [2.45, 2.75) is 26.2 Å². The number of benzene rings is 2. The molecule has 1 aromatic heterocycles. The lowest BCUT2D eigenvalue weighted by Gasteiger charge is -2.18. The minimum Gasteiger partial charge on any atom is -0.478 e. The summed E-state index contributed by atoms with van der Waals surface area (Å²) in [5.41, 5.74) is 2.31. The van der Waals surface area contributed by atoms with Crippen molar-refractivity contribution >= 4 is 35.2 Å². The van der Waals surface area contributed by atoms with Gasteiger partial charge >= 0.3 is 5.97 Å². The topological polar surface area (TPSA) is 87.2 Å². The smallest absolute Gasteiger partial charge is 0.335 e. The van der Waals surface area contributed by atoms with E-state index in [-0.39, 0.29) is 22.3 Å². The Hall–Kier alpha value is -3.25. The third kappa shape index (κ3) is 4.97. The van der Waals surface area contributed by atoms with Crippen LogP contribution in [0.4, 0.5) is 0 Å². The van der Waals surface area contributed by atoms with Crippen LogP contribution in [0.5, 0.6) is 0 Å². The first-order valence-corrected chi connectivity index (χ1v) is 9.86. The number of Topliss-reactive ketones (excluding diaryl/α,β-unsaturated/α-hetero) is 1. The molecule has 0 aliphatic heterocycles. The van der Waals surface area contributed by atoms with Crippen LogP contribution in [0.25, 0.3) is 12.2 Å². The lowest BCUT2D eigenvalue weighted by molar-refractivity contribution is 0.0696. The molecular formula is C23H21NO4S. The Balaban J connectivity index is 1.89. The largest absolute Gasteiger partial charge is 0.478 e. The fraction of sp³-hybridized carbons (Fsp3) is 0.174. The maximum atomic E-state index is 12.5. The van der Waals surface area contributed by atoms with Crippen LogP contribution in [0, 0.1) is 0 Å². The van der Waals surface area contributed by atoms with Gasteiger partial charge in [0.15, 0.2) is 5.78 Å². The number of aromatic amines is 1. The highest BCUT2D eigenvalue weighted by Gasteiger charge is 2.13. The van der Waals surface area contributed by atoms with Crippen LogP contribution in [0.2, 0.25) is 0 Å². The van der Waals surface area contributed by atoms with Gasteiger partial charge in [-0.15, -0.1) is 11.3 Å². The summed E-state index contributed by atoms with van der Waals surface area (Å²) >= 11 is 1.18. The van der Waals surface area contributed by atoms with Gasteiger partial charge in [-0.3, -0.25) is 9.59 Å². The molecule has 5 nitrogen and oxygen atoms in total. The summed E-state index contributed by atoms with van der Waals surface area (Å²) in [4.78, 5) is 38.3. The number of thiazole rings is 1. The Morgan fingerprint density at radius 2 is 1.55 bits per heavy atom. The van der Waals surface area contributed by atoms with Gasteiger partial charge in [-0.05, 0) is 34.8 Å². The van der Waals surface area contributed by atoms with Crippen LogP contribution in [-0.4, -0.2) is 21.8 Å². The SMILES string of the molecule is CC(C)(C)c1ccc(C(=O)/C=c2\[nH]c(=O)/c(=C\c3ccc(C(=O)O)cc3)s2)cc1. The molecule has 0 spiro atoms. The van der Waals surface area contributed by atoms with Gasteiger partial charge in [-0.25, -0.2) is 4.79 Å². The molecule has 0 bridgehead atoms. The first kappa shape index (κ1) is 20.5. The minimum atomic E-state index is -1.00. The van der Waals surface area contributed by atoms with E-state index in [1.165, 1.54) is 29.5 Å². The quantitative estimate of drug-likeness (QED) is 0.651. The molecule has 0 saturated heterocycles. The molecule has 148 valence electrons. The van der Waals surface area contributed by atoms with Crippen molar-refractivity contribution in [2.75, 3.05) is 0 Å². The molecule has 0 fully saturated rings. The summed E-state index contributed by atoms with van der Waals surface area (Å²) in [6.45, 7) is 6.33. The number of H-pyrrole nitrogens is 1. The van der Waals surface area contributed by atoms with Crippen molar-refractivity contribution in [1.29, 1.82) is 0 Å². The first-order chi connectivity index (χ1) is 13.6.